The van der Waals surface area contributed by atoms with Crippen molar-refractivity contribution >= 4 is 27.7 Å². The van der Waals surface area contributed by atoms with Gasteiger partial charge >= 0.3 is 10.2 Å². The Labute approximate surface area is 240 Å². The van der Waals surface area contributed by atoms with Gasteiger partial charge < -0.3 is 10.2 Å². The number of carbonyl (C=O) groups is 2. The molecule has 0 heterocycles. The Balaban J connectivity index is 2.08. The van der Waals surface area contributed by atoms with Crippen LogP contribution in [-0.2, 0) is 32.8 Å². The SMILES string of the molecule is CCCCNC(=O)C(Cc1ccccc1)N(Cc1ccccc1F)C(=O)CN(c1ccc(F)cc1)S(=O)(=O)N(C)C. The van der Waals surface area contributed by atoms with E-state index in [4.69, 9.17) is 0 Å². The summed E-state index contributed by atoms with van der Waals surface area (Å²) in [5.74, 6) is -2.30. The topological polar surface area (TPSA) is 90.0 Å². The van der Waals surface area contributed by atoms with Crippen molar-refractivity contribution in [3.8, 4) is 0 Å². The summed E-state index contributed by atoms with van der Waals surface area (Å²) >= 11 is 0. The molecule has 3 aromatic carbocycles. The van der Waals surface area contributed by atoms with Crippen LogP contribution in [0.1, 0.15) is 30.9 Å². The second kappa shape index (κ2) is 14.7. The van der Waals surface area contributed by atoms with Crippen molar-refractivity contribution in [2.24, 2.45) is 0 Å². The van der Waals surface area contributed by atoms with Crippen molar-refractivity contribution in [2.45, 2.75) is 38.8 Å². The van der Waals surface area contributed by atoms with E-state index < -0.39 is 46.2 Å². The zero-order valence-electron chi connectivity index (χ0n) is 23.5. The second-order valence-electron chi connectivity index (χ2n) is 9.74. The molecule has 0 saturated carbocycles. The predicted octanol–water partition coefficient (Wildman–Crippen LogP) is 4.13. The van der Waals surface area contributed by atoms with E-state index in [1.54, 1.807) is 6.07 Å². The average molecular weight is 587 g/mol. The highest BCUT2D eigenvalue weighted by atomic mass is 32.2. The molecule has 0 aromatic heterocycles. The molecular formula is C30H36F2N4O4S. The third-order valence-corrected chi connectivity index (χ3v) is 8.35. The lowest BCUT2D eigenvalue weighted by Gasteiger charge is -2.34. The highest BCUT2D eigenvalue weighted by Crippen LogP contribution is 2.22. The Bertz CT molecular complexity index is 1400. The predicted molar refractivity (Wildman–Crippen MR) is 155 cm³/mol. The van der Waals surface area contributed by atoms with E-state index >= 15 is 0 Å². The Kier molecular flexibility index (Phi) is 11.4. The number of amides is 2. The lowest BCUT2D eigenvalue weighted by Crippen LogP contribution is -2.54. The fourth-order valence-electron chi connectivity index (χ4n) is 4.19. The van der Waals surface area contributed by atoms with Crippen LogP contribution in [0.15, 0.2) is 78.9 Å². The number of nitrogens with one attached hydrogen (secondary N) is 1. The number of carbonyl (C=O) groups excluding carboxylic acids is 2. The molecule has 3 rings (SSSR count). The maximum Gasteiger partial charge on any atom is 0.304 e. The Morgan fingerprint density at radius 3 is 2.15 bits per heavy atom. The van der Waals surface area contributed by atoms with Gasteiger partial charge in [0.25, 0.3) is 0 Å². The summed E-state index contributed by atoms with van der Waals surface area (Å²) in [6.07, 6.45) is 1.69. The van der Waals surface area contributed by atoms with Crippen LogP contribution in [0.3, 0.4) is 0 Å². The fourth-order valence-corrected chi connectivity index (χ4v) is 5.25. The lowest BCUT2D eigenvalue weighted by atomic mass is 10.0. The molecule has 0 spiro atoms. The van der Waals surface area contributed by atoms with Gasteiger partial charge in [0.1, 0.15) is 24.2 Å². The van der Waals surface area contributed by atoms with E-state index in [9.17, 15) is 26.8 Å². The number of benzene rings is 3. The molecule has 2 amide bonds. The van der Waals surface area contributed by atoms with E-state index in [0.29, 0.717) is 6.54 Å². The van der Waals surface area contributed by atoms with Crippen LogP contribution in [0.5, 0.6) is 0 Å². The van der Waals surface area contributed by atoms with Gasteiger partial charge in [-0.25, -0.2) is 13.1 Å². The van der Waals surface area contributed by atoms with E-state index in [2.05, 4.69) is 5.32 Å². The van der Waals surface area contributed by atoms with Crippen molar-refractivity contribution in [1.29, 1.82) is 0 Å². The fraction of sp³-hybridized carbons (Fsp3) is 0.333. The third kappa shape index (κ3) is 8.58. The minimum absolute atomic E-state index is 0.0614. The molecule has 8 nitrogen and oxygen atoms in total. The van der Waals surface area contributed by atoms with Gasteiger partial charge in [0.15, 0.2) is 0 Å². The lowest BCUT2D eigenvalue weighted by molar-refractivity contribution is -0.140. The monoisotopic (exact) mass is 586 g/mol. The summed E-state index contributed by atoms with van der Waals surface area (Å²) in [4.78, 5) is 28.8. The molecule has 0 bridgehead atoms. The number of hydrogen-bond donors (Lipinski definition) is 1. The van der Waals surface area contributed by atoms with Crippen molar-refractivity contribution in [1.82, 2.24) is 14.5 Å². The molecule has 0 aliphatic carbocycles. The molecule has 1 atom stereocenters. The van der Waals surface area contributed by atoms with Gasteiger partial charge in [-0.2, -0.15) is 12.7 Å². The number of rotatable bonds is 14. The highest BCUT2D eigenvalue weighted by molar-refractivity contribution is 7.90. The van der Waals surface area contributed by atoms with Crippen molar-refractivity contribution in [3.05, 3.63) is 102 Å². The van der Waals surface area contributed by atoms with Gasteiger partial charge in [-0.05, 0) is 42.3 Å². The smallest absolute Gasteiger partial charge is 0.304 e. The first-order valence-corrected chi connectivity index (χ1v) is 14.7. The molecule has 0 aliphatic rings. The Hall–Kier alpha value is -3.83. The van der Waals surface area contributed by atoms with Gasteiger partial charge in [-0.15, -0.1) is 0 Å². The Morgan fingerprint density at radius 2 is 1.54 bits per heavy atom. The van der Waals surface area contributed by atoms with Crippen molar-refractivity contribution < 1.29 is 26.8 Å². The molecule has 0 fully saturated rings. The highest BCUT2D eigenvalue weighted by Gasteiger charge is 2.35. The average Bonchev–Trinajstić information content (AvgIpc) is 2.95. The zero-order valence-corrected chi connectivity index (χ0v) is 24.3. The molecular weight excluding hydrogens is 550 g/mol. The van der Waals surface area contributed by atoms with Crippen LogP contribution in [0.2, 0.25) is 0 Å². The number of unbranched alkanes of at least 4 members (excludes halogenated alkanes) is 1. The number of anilines is 1. The van der Waals surface area contributed by atoms with Crippen molar-refractivity contribution in [2.75, 3.05) is 31.5 Å². The third-order valence-electron chi connectivity index (χ3n) is 6.53. The van der Waals surface area contributed by atoms with Gasteiger partial charge in [0.2, 0.25) is 11.8 Å². The minimum Gasteiger partial charge on any atom is -0.354 e. The van der Waals surface area contributed by atoms with E-state index in [0.717, 1.165) is 39.1 Å². The van der Waals surface area contributed by atoms with Gasteiger partial charge in [0.05, 0.1) is 5.69 Å². The largest absolute Gasteiger partial charge is 0.354 e. The molecule has 1 N–H and O–H groups in total. The summed E-state index contributed by atoms with van der Waals surface area (Å²) in [6, 6.07) is 18.6. The van der Waals surface area contributed by atoms with Crippen LogP contribution >= 0.6 is 0 Å². The summed E-state index contributed by atoms with van der Waals surface area (Å²) in [5, 5.41) is 2.87. The second-order valence-corrected chi connectivity index (χ2v) is 11.8. The molecule has 0 radical (unpaired) electrons. The molecule has 41 heavy (non-hydrogen) atoms. The molecule has 1 unspecified atom stereocenters. The first kappa shape index (κ1) is 31.7. The van der Waals surface area contributed by atoms with E-state index in [-0.39, 0.29) is 24.2 Å². The van der Waals surface area contributed by atoms with Crippen molar-refractivity contribution in [3.63, 3.8) is 0 Å². The summed E-state index contributed by atoms with van der Waals surface area (Å²) in [6.45, 7) is 1.40. The van der Waals surface area contributed by atoms with E-state index in [1.807, 2.05) is 37.3 Å². The van der Waals surface area contributed by atoms with Crippen LogP contribution in [0.4, 0.5) is 14.5 Å². The number of nitrogens with zero attached hydrogens (tertiary/aromatic N) is 3. The van der Waals surface area contributed by atoms with Crippen LogP contribution in [0.25, 0.3) is 0 Å². The molecule has 3 aromatic rings. The number of hydrogen-bond acceptors (Lipinski definition) is 4. The molecule has 220 valence electrons. The van der Waals surface area contributed by atoms with Gasteiger partial charge in [-0.1, -0.05) is 61.9 Å². The number of halogens is 2. The standard InChI is InChI=1S/C30H36F2N4O4S/c1-4-5-19-33-30(38)28(20-23-11-7-6-8-12-23)35(21-24-13-9-10-14-27(24)32)29(37)22-36(41(39,40)34(2)3)26-17-15-25(31)16-18-26/h6-18,28H,4-5,19-22H2,1-3H3,(H,33,38). The minimum atomic E-state index is -4.21. The summed E-state index contributed by atoms with van der Waals surface area (Å²) in [5.41, 5.74) is 1.00. The maximum atomic E-state index is 14.8. The quantitative estimate of drug-likeness (QED) is 0.288. The first-order valence-electron chi connectivity index (χ1n) is 13.3. The van der Waals surface area contributed by atoms with Gasteiger partial charge in [-0.3, -0.25) is 9.59 Å². The van der Waals surface area contributed by atoms with Gasteiger partial charge in [0, 0.05) is 39.2 Å². The molecule has 0 aliphatic heterocycles. The summed E-state index contributed by atoms with van der Waals surface area (Å²) < 4.78 is 56.9. The van der Waals surface area contributed by atoms with E-state index in [1.165, 1.54) is 49.3 Å². The zero-order chi connectivity index (χ0) is 30.0. The van der Waals surface area contributed by atoms with Crippen LogP contribution < -0.4 is 9.62 Å². The first-order chi connectivity index (χ1) is 19.5. The summed E-state index contributed by atoms with van der Waals surface area (Å²) in [7, 11) is -1.59. The Morgan fingerprint density at radius 1 is 0.902 bits per heavy atom. The molecule has 11 heteroatoms. The molecule has 0 saturated heterocycles. The maximum absolute atomic E-state index is 14.8. The van der Waals surface area contributed by atoms with Crippen LogP contribution in [0, 0.1) is 11.6 Å². The normalized spacial score (nSPS) is 12.1. The van der Waals surface area contributed by atoms with Crippen LogP contribution in [-0.4, -0.2) is 62.7 Å².